The first-order valence-electron chi connectivity index (χ1n) is 11.2. The monoisotopic (exact) mass is 425 g/mol. The summed E-state index contributed by atoms with van der Waals surface area (Å²) in [6.07, 6.45) is 0.787. The van der Waals surface area contributed by atoms with Crippen LogP contribution < -0.4 is 10.4 Å². The summed E-state index contributed by atoms with van der Waals surface area (Å²) in [7, 11) is 0. The van der Waals surface area contributed by atoms with Crippen LogP contribution in [0.3, 0.4) is 0 Å². The first-order valence-corrected chi connectivity index (χ1v) is 11.2. The van der Waals surface area contributed by atoms with E-state index >= 15 is 0 Å². The maximum Gasteiger partial charge on any atom is 0.336 e. The highest BCUT2D eigenvalue weighted by molar-refractivity contribution is 5.86. The average molecular weight is 426 g/mol. The number of ether oxygens (including phenoxy) is 1. The quantitative estimate of drug-likeness (QED) is 0.388. The molecular weight excluding hydrogens is 398 g/mol. The van der Waals surface area contributed by atoms with Gasteiger partial charge in [0.15, 0.2) is 0 Å². The van der Waals surface area contributed by atoms with Gasteiger partial charge in [0, 0.05) is 41.6 Å². The van der Waals surface area contributed by atoms with Gasteiger partial charge in [0.25, 0.3) is 0 Å². The van der Waals surface area contributed by atoms with Crippen molar-refractivity contribution in [2.24, 2.45) is 0 Å². The van der Waals surface area contributed by atoms with E-state index < -0.39 is 0 Å². The van der Waals surface area contributed by atoms with Gasteiger partial charge in [0.05, 0.1) is 0 Å². The summed E-state index contributed by atoms with van der Waals surface area (Å²) in [6, 6.07) is 25.1. The standard InChI is InChI=1S/C28H27NO3/c1-3-20-15-26(30)32-28-19(2)27-23(14-24(20)28)16-29(18-31-27)17-25(21-10-6-4-7-11-21)22-12-8-5-9-13-22/h4-15,25H,3,16-18H2,1-2H3. The van der Waals surface area contributed by atoms with E-state index in [0.29, 0.717) is 12.3 Å². The molecule has 1 aliphatic heterocycles. The summed E-state index contributed by atoms with van der Waals surface area (Å²) >= 11 is 0. The first-order chi connectivity index (χ1) is 15.6. The minimum Gasteiger partial charge on any atom is -0.477 e. The second kappa shape index (κ2) is 8.64. The molecule has 0 saturated heterocycles. The Hall–Kier alpha value is -3.37. The highest BCUT2D eigenvalue weighted by Gasteiger charge is 2.26. The largest absolute Gasteiger partial charge is 0.477 e. The van der Waals surface area contributed by atoms with Crippen LogP contribution in [0.4, 0.5) is 0 Å². The summed E-state index contributed by atoms with van der Waals surface area (Å²) < 4.78 is 11.8. The Labute approximate surface area is 188 Å². The van der Waals surface area contributed by atoms with Crippen LogP contribution in [0, 0.1) is 6.92 Å². The van der Waals surface area contributed by atoms with Gasteiger partial charge < -0.3 is 9.15 Å². The third kappa shape index (κ3) is 3.82. The Morgan fingerprint density at radius 2 is 1.62 bits per heavy atom. The van der Waals surface area contributed by atoms with Gasteiger partial charge in [-0.25, -0.2) is 4.79 Å². The highest BCUT2D eigenvalue weighted by atomic mass is 16.5. The zero-order chi connectivity index (χ0) is 22.1. The molecule has 0 fully saturated rings. The Kier molecular flexibility index (Phi) is 5.54. The molecule has 4 heteroatoms. The fourth-order valence-electron chi connectivity index (χ4n) is 4.77. The molecule has 1 aliphatic rings. The molecule has 4 nitrogen and oxygen atoms in total. The fraction of sp³-hybridized carbons (Fsp3) is 0.250. The van der Waals surface area contributed by atoms with Crippen LogP contribution in [0.1, 0.15) is 40.7 Å². The van der Waals surface area contributed by atoms with Crippen molar-refractivity contribution in [2.45, 2.75) is 32.7 Å². The molecule has 2 heterocycles. The Bertz CT molecular complexity index is 1260. The van der Waals surface area contributed by atoms with Crippen LogP contribution >= 0.6 is 0 Å². The Morgan fingerprint density at radius 1 is 0.969 bits per heavy atom. The smallest absolute Gasteiger partial charge is 0.336 e. The molecule has 3 aromatic carbocycles. The van der Waals surface area contributed by atoms with Crippen LogP contribution in [0.15, 0.2) is 82.0 Å². The summed E-state index contributed by atoms with van der Waals surface area (Å²) in [4.78, 5) is 14.4. The van der Waals surface area contributed by atoms with Crippen LogP contribution in [-0.2, 0) is 13.0 Å². The molecule has 0 unspecified atom stereocenters. The molecule has 5 rings (SSSR count). The van der Waals surface area contributed by atoms with E-state index in [0.717, 1.165) is 47.3 Å². The zero-order valence-corrected chi connectivity index (χ0v) is 18.5. The van der Waals surface area contributed by atoms with E-state index in [-0.39, 0.29) is 11.5 Å². The lowest BCUT2D eigenvalue weighted by Gasteiger charge is -2.33. The average Bonchev–Trinajstić information content (AvgIpc) is 2.84. The van der Waals surface area contributed by atoms with Crippen molar-refractivity contribution < 1.29 is 9.15 Å². The number of benzene rings is 3. The van der Waals surface area contributed by atoms with Gasteiger partial charge in [-0.2, -0.15) is 0 Å². The van der Waals surface area contributed by atoms with Crippen LogP contribution in [0.5, 0.6) is 5.75 Å². The van der Waals surface area contributed by atoms with E-state index in [9.17, 15) is 4.79 Å². The summed E-state index contributed by atoms with van der Waals surface area (Å²) in [5, 5.41) is 1.01. The van der Waals surface area contributed by atoms with Crippen LogP contribution in [-0.4, -0.2) is 18.2 Å². The number of hydrogen-bond donors (Lipinski definition) is 0. The van der Waals surface area contributed by atoms with Crippen LogP contribution in [0.25, 0.3) is 11.0 Å². The molecule has 0 amide bonds. The molecule has 0 radical (unpaired) electrons. The first kappa shape index (κ1) is 20.5. The van der Waals surface area contributed by atoms with E-state index in [4.69, 9.17) is 9.15 Å². The van der Waals surface area contributed by atoms with Gasteiger partial charge >= 0.3 is 5.63 Å². The van der Waals surface area contributed by atoms with Gasteiger partial charge in [-0.3, -0.25) is 4.90 Å². The molecule has 1 aromatic heterocycles. The number of rotatable bonds is 5. The molecule has 32 heavy (non-hydrogen) atoms. The van der Waals surface area contributed by atoms with Gasteiger partial charge in [0.1, 0.15) is 18.1 Å². The maximum atomic E-state index is 12.0. The predicted octanol–water partition coefficient (Wildman–Crippen LogP) is 5.65. The Balaban J connectivity index is 1.50. The van der Waals surface area contributed by atoms with Crippen molar-refractivity contribution in [3.8, 4) is 5.75 Å². The van der Waals surface area contributed by atoms with Crippen molar-refractivity contribution in [1.29, 1.82) is 0 Å². The summed E-state index contributed by atoms with van der Waals surface area (Å²) in [5.74, 6) is 1.11. The number of nitrogens with zero attached hydrogens (tertiary/aromatic N) is 1. The number of hydrogen-bond acceptors (Lipinski definition) is 4. The lowest BCUT2D eigenvalue weighted by atomic mass is 9.90. The van der Waals surface area contributed by atoms with E-state index in [2.05, 4.69) is 78.6 Å². The molecule has 162 valence electrons. The predicted molar refractivity (Wildman–Crippen MR) is 127 cm³/mol. The molecule has 4 aromatic rings. The lowest BCUT2D eigenvalue weighted by molar-refractivity contribution is 0.0917. The number of fused-ring (bicyclic) bond motifs is 2. The maximum absolute atomic E-state index is 12.0. The zero-order valence-electron chi connectivity index (χ0n) is 18.5. The van der Waals surface area contributed by atoms with Gasteiger partial charge in [-0.1, -0.05) is 67.6 Å². The van der Waals surface area contributed by atoms with Gasteiger partial charge in [-0.05, 0) is 36.1 Å². The highest BCUT2D eigenvalue weighted by Crippen LogP contribution is 2.37. The molecular formula is C28H27NO3. The summed E-state index contributed by atoms with van der Waals surface area (Å²) in [6.45, 7) is 6.21. The second-order valence-corrected chi connectivity index (χ2v) is 8.47. The number of aryl methyl sites for hydroxylation is 2. The fourth-order valence-corrected chi connectivity index (χ4v) is 4.77. The molecule has 0 N–H and O–H groups in total. The molecule has 0 bridgehead atoms. The summed E-state index contributed by atoms with van der Waals surface area (Å²) in [5.41, 5.74) is 6.02. The SMILES string of the molecule is CCc1cc(=O)oc2c(C)c3c(cc12)CN(CC(c1ccccc1)c1ccccc1)CO3. The third-order valence-corrected chi connectivity index (χ3v) is 6.39. The second-order valence-electron chi connectivity index (χ2n) is 8.47. The van der Waals surface area contributed by atoms with Crippen molar-refractivity contribution in [1.82, 2.24) is 4.90 Å². The van der Waals surface area contributed by atoms with Gasteiger partial charge in [0.2, 0.25) is 0 Å². The minimum atomic E-state index is -0.302. The lowest BCUT2D eigenvalue weighted by Crippen LogP contribution is -2.35. The van der Waals surface area contributed by atoms with E-state index in [1.165, 1.54) is 11.1 Å². The van der Waals surface area contributed by atoms with Crippen molar-refractivity contribution in [3.05, 3.63) is 111 Å². The Morgan fingerprint density at radius 3 is 2.25 bits per heavy atom. The van der Waals surface area contributed by atoms with Crippen molar-refractivity contribution >= 4 is 11.0 Å². The van der Waals surface area contributed by atoms with Crippen LogP contribution in [0.2, 0.25) is 0 Å². The van der Waals surface area contributed by atoms with Crippen molar-refractivity contribution in [2.75, 3.05) is 13.3 Å². The van der Waals surface area contributed by atoms with E-state index in [1.54, 1.807) is 6.07 Å². The third-order valence-electron chi connectivity index (χ3n) is 6.39. The normalized spacial score (nSPS) is 13.8. The van der Waals surface area contributed by atoms with Crippen molar-refractivity contribution in [3.63, 3.8) is 0 Å². The molecule has 0 aliphatic carbocycles. The minimum absolute atomic E-state index is 0.258. The topological polar surface area (TPSA) is 42.7 Å². The van der Waals surface area contributed by atoms with Gasteiger partial charge in [-0.15, -0.1) is 0 Å². The molecule has 0 atom stereocenters. The molecule has 0 spiro atoms. The molecule has 0 saturated carbocycles. The van der Waals surface area contributed by atoms with E-state index in [1.807, 2.05) is 6.92 Å².